The van der Waals surface area contributed by atoms with Crippen LogP contribution in [0.2, 0.25) is 0 Å². The highest BCUT2D eigenvalue weighted by Gasteiger charge is 2.25. The van der Waals surface area contributed by atoms with Crippen LogP contribution >= 0.6 is 0 Å². The van der Waals surface area contributed by atoms with Gasteiger partial charge in [0.1, 0.15) is 0 Å². The molecule has 4 rings (SSSR count). The number of hydrogen-bond acceptors (Lipinski definition) is 4. The maximum absolute atomic E-state index is 13.5. The first-order valence-electron chi connectivity index (χ1n) is 7.94. The average Bonchev–Trinajstić information content (AvgIpc) is 3.25. The Kier molecular flexibility index (Phi) is 3.87. The topological polar surface area (TPSA) is 72.8 Å². The maximum atomic E-state index is 13.5. The zero-order chi connectivity index (χ0) is 18.3. The normalized spacial score (nSPS) is 12.8. The van der Waals surface area contributed by atoms with Gasteiger partial charge in [-0.1, -0.05) is 24.3 Å². The first-order chi connectivity index (χ1) is 12.6. The fraction of sp³-hybridized carbons (Fsp3) is 0.167. The lowest BCUT2D eigenvalue weighted by Gasteiger charge is -2.15. The van der Waals surface area contributed by atoms with Crippen LogP contribution < -0.4 is 0 Å². The number of carbonyl (C=O) groups excluding carboxylic acids is 1. The number of imidazole rings is 1. The molecule has 4 aromatic rings. The highest BCUT2D eigenvalue weighted by atomic mass is 19.3. The third-order valence-electron chi connectivity index (χ3n) is 4.16. The van der Waals surface area contributed by atoms with Crippen LogP contribution in [0.5, 0.6) is 0 Å². The molecule has 0 bridgehead atoms. The molecule has 1 N–H and O–H groups in total. The van der Waals surface area contributed by atoms with Gasteiger partial charge in [-0.15, -0.1) is 0 Å². The lowest BCUT2D eigenvalue weighted by Crippen LogP contribution is -2.15. The van der Waals surface area contributed by atoms with E-state index in [9.17, 15) is 13.6 Å². The van der Waals surface area contributed by atoms with Gasteiger partial charge in [-0.2, -0.15) is 13.9 Å². The third kappa shape index (κ3) is 2.59. The van der Waals surface area contributed by atoms with Crippen LogP contribution in [0.15, 0.2) is 48.7 Å². The first-order valence-corrected chi connectivity index (χ1v) is 7.94. The van der Waals surface area contributed by atoms with Crippen molar-refractivity contribution >= 4 is 27.9 Å². The van der Waals surface area contributed by atoms with Gasteiger partial charge in [0.05, 0.1) is 28.3 Å². The van der Waals surface area contributed by atoms with E-state index in [0.717, 1.165) is 9.95 Å². The van der Waals surface area contributed by atoms with Crippen molar-refractivity contribution in [3.8, 4) is 0 Å². The van der Waals surface area contributed by atoms with E-state index >= 15 is 0 Å². The summed E-state index contributed by atoms with van der Waals surface area (Å²) in [7, 11) is 0. The van der Waals surface area contributed by atoms with Crippen LogP contribution in [0, 0.1) is 0 Å². The molecule has 0 saturated carbocycles. The molecule has 2 aromatic heterocycles. The first kappa shape index (κ1) is 16.2. The lowest BCUT2D eigenvalue weighted by atomic mass is 10.1. The van der Waals surface area contributed by atoms with Gasteiger partial charge in [-0.3, -0.25) is 9.67 Å². The maximum Gasteiger partial charge on any atom is 0.341 e. The van der Waals surface area contributed by atoms with Crippen LogP contribution in [-0.4, -0.2) is 25.7 Å². The van der Waals surface area contributed by atoms with E-state index in [1.807, 2.05) is 0 Å². The second-order valence-electron chi connectivity index (χ2n) is 5.79. The van der Waals surface area contributed by atoms with Gasteiger partial charge in [0, 0.05) is 5.39 Å². The van der Waals surface area contributed by atoms with Crippen LogP contribution in [0.4, 0.5) is 8.78 Å². The molecular formula is C18H14F2N4O2. The molecule has 132 valence electrons. The van der Waals surface area contributed by atoms with Gasteiger partial charge in [-0.05, 0) is 25.1 Å². The summed E-state index contributed by atoms with van der Waals surface area (Å²) in [4.78, 5) is 16.8. The number of benzene rings is 2. The van der Waals surface area contributed by atoms with Gasteiger partial charge in [-0.25, -0.2) is 9.78 Å². The Bertz CT molecular complexity index is 1100. The summed E-state index contributed by atoms with van der Waals surface area (Å²) in [6.07, 6.45) is 0.633. The van der Waals surface area contributed by atoms with Crippen LogP contribution in [0.3, 0.4) is 0 Å². The second kappa shape index (κ2) is 6.21. The van der Waals surface area contributed by atoms with Gasteiger partial charge in [0.25, 0.3) is 0 Å². The van der Waals surface area contributed by atoms with Crippen LogP contribution in [0.1, 0.15) is 35.8 Å². The molecule has 0 amide bonds. The Balaban J connectivity index is 1.69. The minimum atomic E-state index is -2.80. The lowest BCUT2D eigenvalue weighted by molar-refractivity contribution is 0.0235. The molecule has 0 fully saturated rings. The Hall–Kier alpha value is -3.29. The van der Waals surface area contributed by atoms with Crippen molar-refractivity contribution < 1.29 is 18.3 Å². The number of ether oxygens (including phenoxy) is 1. The monoisotopic (exact) mass is 356 g/mol. The van der Waals surface area contributed by atoms with Crippen molar-refractivity contribution in [3.05, 3.63) is 60.0 Å². The molecule has 0 spiro atoms. The Labute approximate surface area is 146 Å². The number of para-hydroxylation sites is 3. The van der Waals surface area contributed by atoms with Crippen molar-refractivity contribution in [1.29, 1.82) is 0 Å². The average molecular weight is 356 g/mol. The molecule has 0 aliphatic carbocycles. The van der Waals surface area contributed by atoms with E-state index in [4.69, 9.17) is 4.74 Å². The number of aromatic amines is 1. The number of alkyl halides is 2. The summed E-state index contributed by atoms with van der Waals surface area (Å²) in [5.41, 5.74) is 1.52. The Morgan fingerprint density at radius 3 is 2.81 bits per heavy atom. The van der Waals surface area contributed by atoms with E-state index in [1.54, 1.807) is 48.7 Å². The standard InChI is InChI=1S/C18H14F2N4O2/c1-10(16-22-13-7-2-3-8-14(13)24(16)18(19)20)26-17(25)12-6-4-5-11-9-21-23-15(11)12/h2-10,18H,1H3,(H,21,23)/t10-/m1/s1. The molecule has 0 radical (unpaired) electrons. The van der Waals surface area contributed by atoms with Crippen molar-refractivity contribution in [3.63, 3.8) is 0 Å². The van der Waals surface area contributed by atoms with Gasteiger partial charge < -0.3 is 4.74 Å². The number of halogens is 2. The molecule has 26 heavy (non-hydrogen) atoms. The zero-order valence-electron chi connectivity index (χ0n) is 13.7. The number of H-pyrrole nitrogens is 1. The highest BCUT2D eigenvalue weighted by molar-refractivity contribution is 6.02. The number of esters is 1. The molecule has 0 unspecified atom stereocenters. The summed E-state index contributed by atoms with van der Waals surface area (Å²) in [5.74, 6) is -0.647. The number of nitrogens with zero attached hydrogens (tertiary/aromatic N) is 3. The van der Waals surface area contributed by atoms with Crippen molar-refractivity contribution in [2.75, 3.05) is 0 Å². The number of fused-ring (bicyclic) bond motifs is 2. The van der Waals surface area contributed by atoms with Crippen molar-refractivity contribution in [2.24, 2.45) is 0 Å². The predicted octanol–water partition coefficient (Wildman–Crippen LogP) is 4.23. The second-order valence-corrected chi connectivity index (χ2v) is 5.79. The summed E-state index contributed by atoms with van der Waals surface area (Å²) >= 11 is 0. The van der Waals surface area contributed by atoms with Gasteiger partial charge >= 0.3 is 12.5 Å². The van der Waals surface area contributed by atoms with Crippen molar-refractivity contribution in [2.45, 2.75) is 19.6 Å². The molecule has 1 atom stereocenters. The fourth-order valence-corrected chi connectivity index (χ4v) is 2.97. The van der Waals surface area contributed by atoms with E-state index in [0.29, 0.717) is 11.0 Å². The predicted molar refractivity (Wildman–Crippen MR) is 90.9 cm³/mol. The molecule has 2 aromatic carbocycles. The summed E-state index contributed by atoms with van der Waals surface area (Å²) < 4.78 is 33.3. The summed E-state index contributed by atoms with van der Waals surface area (Å²) in [5, 5.41) is 7.40. The fourth-order valence-electron chi connectivity index (χ4n) is 2.97. The number of aromatic nitrogens is 4. The van der Waals surface area contributed by atoms with Gasteiger partial charge in [0.15, 0.2) is 11.9 Å². The molecule has 2 heterocycles. The molecule has 0 aliphatic heterocycles. The Morgan fingerprint density at radius 1 is 1.19 bits per heavy atom. The summed E-state index contributed by atoms with van der Waals surface area (Å²) in [6, 6.07) is 11.6. The molecular weight excluding hydrogens is 342 g/mol. The number of carbonyl (C=O) groups is 1. The zero-order valence-corrected chi connectivity index (χ0v) is 13.7. The molecule has 0 aliphatic rings. The summed E-state index contributed by atoms with van der Waals surface area (Å²) in [6.45, 7) is -1.28. The van der Waals surface area contributed by atoms with E-state index in [1.165, 1.54) is 6.92 Å². The minimum Gasteiger partial charge on any atom is -0.451 e. The minimum absolute atomic E-state index is 0.00802. The number of rotatable bonds is 4. The van der Waals surface area contributed by atoms with E-state index in [2.05, 4.69) is 15.2 Å². The van der Waals surface area contributed by atoms with Crippen LogP contribution in [-0.2, 0) is 4.74 Å². The van der Waals surface area contributed by atoms with Gasteiger partial charge in [0.2, 0.25) is 0 Å². The number of hydrogen-bond donors (Lipinski definition) is 1. The van der Waals surface area contributed by atoms with Crippen LogP contribution in [0.25, 0.3) is 21.9 Å². The molecule has 6 nitrogen and oxygen atoms in total. The number of nitrogens with one attached hydrogen (secondary N) is 1. The quantitative estimate of drug-likeness (QED) is 0.556. The molecule has 0 saturated heterocycles. The van der Waals surface area contributed by atoms with E-state index < -0.39 is 18.6 Å². The Morgan fingerprint density at radius 2 is 2.00 bits per heavy atom. The largest absolute Gasteiger partial charge is 0.451 e. The van der Waals surface area contributed by atoms with E-state index in [-0.39, 0.29) is 16.9 Å². The SMILES string of the molecule is C[C@@H](OC(=O)c1cccc2cn[nH]c12)c1nc2ccccc2n1C(F)F. The smallest absolute Gasteiger partial charge is 0.341 e. The van der Waals surface area contributed by atoms with Crippen molar-refractivity contribution in [1.82, 2.24) is 19.7 Å². The third-order valence-corrected chi connectivity index (χ3v) is 4.16. The molecule has 8 heteroatoms. The highest BCUT2D eigenvalue weighted by Crippen LogP contribution is 2.29.